The van der Waals surface area contributed by atoms with Gasteiger partial charge in [-0.2, -0.15) is 0 Å². The van der Waals surface area contributed by atoms with Crippen LogP contribution in [0.4, 0.5) is 0 Å². The van der Waals surface area contributed by atoms with Crippen LogP contribution < -0.4 is 5.32 Å². The highest BCUT2D eigenvalue weighted by atomic mass is 28.4. The van der Waals surface area contributed by atoms with Crippen LogP contribution in [0.15, 0.2) is 12.2 Å². The van der Waals surface area contributed by atoms with Gasteiger partial charge in [0.05, 0.1) is 40.6 Å². The molecule has 0 aliphatic rings. The number of unbranched alkanes of at least 4 members (excludes halogenated alkanes) is 4. The lowest BCUT2D eigenvalue weighted by molar-refractivity contribution is -0.140. The van der Waals surface area contributed by atoms with E-state index in [2.05, 4.69) is 64.3 Å². The third-order valence-corrected chi connectivity index (χ3v) is 22.5. The van der Waals surface area contributed by atoms with E-state index in [9.17, 15) is 15.0 Å². The SMILES string of the molecule is C=C(C)C(=O)OCCOCC(O)COCCCCC[Si](C)(C)O[Si](C)(C)C[Si](C)(C)COCC(O)CCCCCNC[SiH](C)C. The van der Waals surface area contributed by atoms with Gasteiger partial charge in [0.1, 0.15) is 12.7 Å². The van der Waals surface area contributed by atoms with Crippen LogP contribution in [0.2, 0.25) is 64.1 Å². The molecule has 9 nitrogen and oxygen atoms in total. The molecule has 2 atom stereocenters. The molecule has 0 saturated carbocycles. The summed E-state index contributed by atoms with van der Waals surface area (Å²) < 4.78 is 28.9. The first-order valence-corrected chi connectivity index (χ1v) is 30.0. The molecule has 268 valence electrons. The van der Waals surface area contributed by atoms with Crippen LogP contribution in [0.3, 0.4) is 0 Å². The number of aliphatic hydroxyl groups excluding tert-OH is 2. The smallest absolute Gasteiger partial charge is 0.333 e. The summed E-state index contributed by atoms with van der Waals surface area (Å²) in [4.78, 5) is 11.3. The van der Waals surface area contributed by atoms with Gasteiger partial charge in [0, 0.05) is 27.2 Å². The summed E-state index contributed by atoms with van der Waals surface area (Å²) in [5.74, 6) is -0.437. The second-order valence-corrected chi connectivity index (χ2v) is 32.7. The molecule has 0 heterocycles. The van der Waals surface area contributed by atoms with Crippen LogP contribution in [-0.2, 0) is 27.9 Å². The van der Waals surface area contributed by atoms with E-state index in [0.717, 1.165) is 63.0 Å². The van der Waals surface area contributed by atoms with Gasteiger partial charge in [0.15, 0.2) is 16.6 Å². The van der Waals surface area contributed by atoms with Gasteiger partial charge in [0.25, 0.3) is 0 Å². The van der Waals surface area contributed by atoms with Gasteiger partial charge in [0.2, 0.25) is 0 Å². The molecule has 0 bridgehead atoms. The van der Waals surface area contributed by atoms with Gasteiger partial charge < -0.3 is 38.6 Å². The molecule has 0 saturated heterocycles. The van der Waals surface area contributed by atoms with Crippen molar-refractivity contribution in [1.29, 1.82) is 0 Å². The number of carbonyl (C=O) groups is 1. The lowest BCUT2D eigenvalue weighted by atomic mass is 10.1. The number of hydrogen-bond acceptors (Lipinski definition) is 9. The van der Waals surface area contributed by atoms with Gasteiger partial charge in [-0.05, 0) is 76.8 Å². The lowest BCUT2D eigenvalue weighted by Crippen LogP contribution is -2.50. The number of hydrogen-bond donors (Lipinski definition) is 3. The molecule has 0 amide bonds. The largest absolute Gasteiger partial charge is 0.460 e. The number of ether oxygens (including phenoxy) is 4. The van der Waals surface area contributed by atoms with E-state index in [-0.39, 0.29) is 32.5 Å². The summed E-state index contributed by atoms with van der Waals surface area (Å²) in [6.07, 6.45) is 8.32. The maximum atomic E-state index is 11.3. The molecular formula is C32H71NO8Si4. The van der Waals surface area contributed by atoms with Crippen molar-refractivity contribution in [3.63, 3.8) is 0 Å². The van der Waals surface area contributed by atoms with E-state index in [0.29, 0.717) is 18.8 Å². The van der Waals surface area contributed by atoms with Crippen molar-refractivity contribution in [2.75, 3.05) is 58.6 Å². The number of nitrogens with one attached hydrogen (secondary N) is 1. The van der Waals surface area contributed by atoms with Crippen LogP contribution in [0.5, 0.6) is 0 Å². The van der Waals surface area contributed by atoms with Crippen LogP contribution in [0.1, 0.15) is 51.9 Å². The summed E-state index contributed by atoms with van der Waals surface area (Å²) in [6, 6.07) is 1.13. The first-order valence-electron chi connectivity index (χ1n) is 17.3. The van der Waals surface area contributed by atoms with Crippen molar-refractivity contribution >= 4 is 39.5 Å². The summed E-state index contributed by atoms with van der Waals surface area (Å²) in [7, 11) is -5.71. The van der Waals surface area contributed by atoms with Gasteiger partial charge in [-0.1, -0.05) is 58.5 Å². The highest BCUT2D eigenvalue weighted by molar-refractivity contribution is 6.96. The maximum absolute atomic E-state index is 11.3. The van der Waals surface area contributed by atoms with Crippen LogP contribution in [0.25, 0.3) is 0 Å². The summed E-state index contributed by atoms with van der Waals surface area (Å²) in [5, 5.41) is 23.9. The molecule has 0 rings (SSSR count). The van der Waals surface area contributed by atoms with E-state index in [1.807, 2.05) is 0 Å². The Kier molecular flexibility index (Phi) is 24.8. The Morgan fingerprint density at radius 2 is 1.42 bits per heavy atom. The first-order chi connectivity index (χ1) is 20.9. The minimum absolute atomic E-state index is 0.139. The van der Waals surface area contributed by atoms with E-state index >= 15 is 0 Å². The Hall–Kier alpha value is -0.202. The van der Waals surface area contributed by atoms with E-state index in [1.165, 1.54) is 12.6 Å². The monoisotopic (exact) mass is 709 g/mol. The lowest BCUT2D eigenvalue weighted by Gasteiger charge is -2.38. The van der Waals surface area contributed by atoms with E-state index in [4.69, 9.17) is 23.1 Å². The normalized spacial score (nSPS) is 14.1. The zero-order valence-electron chi connectivity index (χ0n) is 30.5. The quantitative estimate of drug-likeness (QED) is 0.0389. The first kappa shape index (κ1) is 44.8. The molecule has 3 N–H and O–H groups in total. The average Bonchev–Trinajstić information content (AvgIpc) is 2.89. The molecule has 13 heteroatoms. The Balaban J connectivity index is 4.04. The highest BCUT2D eigenvalue weighted by Crippen LogP contribution is 2.27. The fraction of sp³-hybridized carbons (Fsp3) is 0.906. The third kappa shape index (κ3) is 28.5. The van der Waals surface area contributed by atoms with Gasteiger partial charge >= 0.3 is 5.97 Å². The Bertz CT molecular complexity index is 786. The molecule has 0 aliphatic carbocycles. The number of rotatable bonds is 30. The second-order valence-electron chi connectivity index (χ2n) is 15.1. The van der Waals surface area contributed by atoms with E-state index in [1.54, 1.807) is 6.92 Å². The fourth-order valence-electron chi connectivity index (χ4n) is 5.53. The summed E-state index contributed by atoms with van der Waals surface area (Å²) >= 11 is 0. The van der Waals surface area contributed by atoms with Crippen LogP contribution in [-0.4, -0.2) is 120 Å². The Morgan fingerprint density at radius 3 is 2.07 bits per heavy atom. The van der Waals surface area contributed by atoms with Crippen molar-refractivity contribution in [3.05, 3.63) is 12.2 Å². The Labute approximate surface area is 281 Å². The van der Waals surface area contributed by atoms with Gasteiger partial charge in [-0.3, -0.25) is 0 Å². The molecule has 2 unspecified atom stereocenters. The summed E-state index contributed by atoms with van der Waals surface area (Å²) in [5.41, 5.74) is 1.52. The second kappa shape index (κ2) is 24.9. The number of esters is 1. The summed E-state index contributed by atoms with van der Waals surface area (Å²) in [6.45, 7) is 26.9. The maximum Gasteiger partial charge on any atom is 0.333 e. The topological polar surface area (TPSA) is 116 Å². The predicted octanol–water partition coefficient (Wildman–Crippen LogP) is 5.44. The molecule has 0 aliphatic heterocycles. The van der Waals surface area contributed by atoms with E-state index < -0.39 is 45.6 Å². The van der Waals surface area contributed by atoms with Crippen molar-refractivity contribution < 1.29 is 38.1 Å². The number of aliphatic hydroxyl groups is 2. The third-order valence-electron chi connectivity index (χ3n) is 7.20. The average molecular weight is 710 g/mol. The molecule has 0 fully saturated rings. The van der Waals surface area contributed by atoms with Crippen LogP contribution >= 0.6 is 0 Å². The molecule has 45 heavy (non-hydrogen) atoms. The van der Waals surface area contributed by atoms with Crippen molar-refractivity contribution in [2.24, 2.45) is 0 Å². The molecule has 0 aromatic heterocycles. The van der Waals surface area contributed by atoms with Gasteiger partial charge in [-0.15, -0.1) is 0 Å². The molecule has 0 aromatic carbocycles. The Morgan fingerprint density at radius 1 is 0.800 bits per heavy atom. The van der Waals surface area contributed by atoms with Gasteiger partial charge in [-0.25, -0.2) is 4.79 Å². The van der Waals surface area contributed by atoms with Crippen molar-refractivity contribution in [1.82, 2.24) is 5.32 Å². The van der Waals surface area contributed by atoms with Crippen molar-refractivity contribution in [3.8, 4) is 0 Å². The zero-order chi connectivity index (χ0) is 34.4. The van der Waals surface area contributed by atoms with Crippen molar-refractivity contribution in [2.45, 2.75) is 128 Å². The van der Waals surface area contributed by atoms with Crippen LogP contribution in [0, 0.1) is 0 Å². The minimum atomic E-state index is -1.83. The number of carbonyl (C=O) groups excluding carboxylic acids is 1. The molecule has 0 aromatic rings. The zero-order valence-corrected chi connectivity index (χ0v) is 34.7. The predicted molar refractivity (Wildman–Crippen MR) is 197 cm³/mol. The highest BCUT2D eigenvalue weighted by Gasteiger charge is 2.38. The fourth-order valence-corrected chi connectivity index (χ4v) is 25.0. The molecular weight excluding hydrogens is 639 g/mol. The molecule has 0 spiro atoms. The standard InChI is InChI=1S/C32H71NO8Si4/c1-29(2)32(36)40-21-20-38-25-31(35)24-37-19-15-12-16-22-44(7,8)41-45(9,10)28-43(5,6)27-39-23-30(34)17-13-11-14-18-33-26-42(3)4/h30-31,33-35,42H,1,11-28H2,2-10H3. The molecule has 0 radical (unpaired) electrons. The minimum Gasteiger partial charge on any atom is -0.460 e.